The van der Waals surface area contributed by atoms with E-state index in [4.69, 9.17) is 0 Å². The smallest absolute Gasteiger partial charge is 0.263 e. The van der Waals surface area contributed by atoms with Crippen LogP contribution in [0.4, 0.5) is 5.69 Å². The van der Waals surface area contributed by atoms with Crippen LogP contribution in [0.1, 0.15) is 21.5 Å². The molecule has 2 heterocycles. The highest BCUT2D eigenvalue weighted by atomic mass is 16.3. The number of hydrogen-bond donors (Lipinski definition) is 2. The maximum atomic E-state index is 12.8. The number of phenolic OH excluding ortho intramolecular Hbond substituents is 1. The normalized spacial score (nSPS) is 10.6. The van der Waals surface area contributed by atoms with Gasteiger partial charge in [-0.2, -0.15) is 0 Å². The zero-order valence-electron chi connectivity index (χ0n) is 16.8. The predicted octanol–water partition coefficient (Wildman–Crippen LogP) is 3.62. The van der Waals surface area contributed by atoms with Gasteiger partial charge in [-0.15, -0.1) is 0 Å². The first-order chi connectivity index (χ1) is 15.0. The Morgan fingerprint density at radius 2 is 1.81 bits per heavy atom. The van der Waals surface area contributed by atoms with Gasteiger partial charge in [0.2, 0.25) is 0 Å². The monoisotopic (exact) mass is 412 g/mol. The molecule has 0 aliphatic rings. The van der Waals surface area contributed by atoms with Crippen molar-refractivity contribution in [3.8, 4) is 17.1 Å². The Kier molecular flexibility index (Phi) is 5.57. The number of carbonyl (C=O) groups excluding carboxylic acids is 1. The highest BCUT2D eigenvalue weighted by Crippen LogP contribution is 2.20. The molecule has 7 heteroatoms. The van der Waals surface area contributed by atoms with Crippen molar-refractivity contribution >= 4 is 11.6 Å². The summed E-state index contributed by atoms with van der Waals surface area (Å²) in [6.07, 6.45) is 4.58. The Bertz CT molecular complexity index is 1300. The van der Waals surface area contributed by atoms with E-state index in [0.717, 1.165) is 11.1 Å². The molecule has 0 unspecified atom stereocenters. The molecule has 0 aliphatic carbocycles. The maximum Gasteiger partial charge on any atom is 0.263 e. The molecular weight excluding hydrogens is 392 g/mol. The Morgan fingerprint density at radius 3 is 2.55 bits per heavy atom. The molecule has 0 bridgehead atoms. The zero-order valence-corrected chi connectivity index (χ0v) is 16.8. The predicted molar refractivity (Wildman–Crippen MR) is 118 cm³/mol. The van der Waals surface area contributed by atoms with Crippen LogP contribution in [0.5, 0.6) is 5.75 Å². The van der Waals surface area contributed by atoms with Crippen molar-refractivity contribution in [3.05, 3.63) is 106 Å². The van der Waals surface area contributed by atoms with Gasteiger partial charge in [0.25, 0.3) is 11.5 Å². The van der Waals surface area contributed by atoms with Crippen LogP contribution in [0.15, 0.2) is 84.0 Å². The molecule has 4 rings (SSSR count). The van der Waals surface area contributed by atoms with Crippen molar-refractivity contribution in [2.45, 2.75) is 13.5 Å². The third-order valence-electron chi connectivity index (χ3n) is 4.71. The number of hydrogen-bond acceptors (Lipinski definition) is 5. The van der Waals surface area contributed by atoms with Gasteiger partial charge < -0.3 is 15.0 Å². The number of aromatic hydroxyl groups is 1. The first kappa shape index (κ1) is 20.0. The summed E-state index contributed by atoms with van der Waals surface area (Å²) in [5.74, 6) is -0.00378. The maximum absolute atomic E-state index is 12.8. The summed E-state index contributed by atoms with van der Waals surface area (Å²) in [6.45, 7) is 2.37. The summed E-state index contributed by atoms with van der Waals surface area (Å²) in [7, 11) is 0. The summed E-state index contributed by atoms with van der Waals surface area (Å²) < 4.78 is 1.51. The Labute approximate surface area is 178 Å². The number of aromatic nitrogens is 3. The van der Waals surface area contributed by atoms with Gasteiger partial charge in [0.1, 0.15) is 11.3 Å². The van der Waals surface area contributed by atoms with Crippen molar-refractivity contribution in [2.24, 2.45) is 0 Å². The Morgan fingerprint density at radius 1 is 1.03 bits per heavy atom. The van der Waals surface area contributed by atoms with E-state index in [9.17, 15) is 14.7 Å². The van der Waals surface area contributed by atoms with Gasteiger partial charge in [-0.25, -0.2) is 9.97 Å². The van der Waals surface area contributed by atoms with E-state index in [0.29, 0.717) is 23.6 Å². The van der Waals surface area contributed by atoms with E-state index in [2.05, 4.69) is 15.3 Å². The van der Waals surface area contributed by atoms with E-state index < -0.39 is 5.91 Å². The molecule has 1 amide bonds. The number of nitrogens with one attached hydrogen (secondary N) is 1. The molecule has 0 radical (unpaired) electrons. The summed E-state index contributed by atoms with van der Waals surface area (Å²) in [4.78, 5) is 33.9. The molecule has 154 valence electrons. The molecule has 7 nitrogen and oxygen atoms in total. The van der Waals surface area contributed by atoms with E-state index >= 15 is 0 Å². The molecule has 4 aromatic rings. The quantitative estimate of drug-likeness (QED) is 0.522. The standard InChI is InChI=1S/C24H20N4O3/c1-16-5-2-6-17(11-16)15-28-10-4-9-21(24(28)31)23(30)27-19-13-25-22(26-14-19)18-7-3-8-20(29)12-18/h2-14,29H,15H2,1H3,(H,27,30). The number of pyridine rings is 1. The SMILES string of the molecule is Cc1cccc(Cn2cccc(C(=O)Nc3cnc(-c4cccc(O)c4)nc3)c2=O)c1. The Hall–Kier alpha value is -4.26. The molecule has 2 aromatic carbocycles. The van der Waals surface area contributed by atoms with Crippen molar-refractivity contribution in [1.82, 2.24) is 14.5 Å². The number of aryl methyl sites for hydroxylation is 1. The van der Waals surface area contributed by atoms with Crippen molar-refractivity contribution < 1.29 is 9.90 Å². The van der Waals surface area contributed by atoms with E-state index in [1.165, 1.54) is 23.0 Å². The number of phenols is 1. The minimum absolute atomic E-state index is 0.0345. The van der Waals surface area contributed by atoms with Crippen LogP contribution in [-0.4, -0.2) is 25.5 Å². The van der Waals surface area contributed by atoms with Crippen LogP contribution >= 0.6 is 0 Å². The molecule has 0 atom stereocenters. The molecule has 0 spiro atoms. The summed E-state index contributed by atoms with van der Waals surface area (Å²) in [5.41, 5.74) is 2.76. The zero-order chi connectivity index (χ0) is 21.8. The lowest BCUT2D eigenvalue weighted by Crippen LogP contribution is -2.29. The van der Waals surface area contributed by atoms with Gasteiger partial charge in [0, 0.05) is 11.8 Å². The number of amides is 1. The summed E-state index contributed by atoms with van der Waals surface area (Å²) in [5, 5.41) is 12.2. The molecule has 0 aliphatic heterocycles. The number of anilines is 1. The van der Waals surface area contributed by atoms with Crippen LogP contribution in [0.3, 0.4) is 0 Å². The first-order valence-electron chi connectivity index (χ1n) is 9.67. The lowest BCUT2D eigenvalue weighted by atomic mass is 10.1. The molecule has 0 saturated carbocycles. The average Bonchev–Trinajstić information content (AvgIpc) is 2.76. The minimum Gasteiger partial charge on any atom is -0.508 e. The molecule has 2 N–H and O–H groups in total. The van der Waals surface area contributed by atoms with Gasteiger partial charge in [0.15, 0.2) is 5.82 Å². The van der Waals surface area contributed by atoms with Gasteiger partial charge in [-0.3, -0.25) is 9.59 Å². The second-order valence-corrected chi connectivity index (χ2v) is 7.14. The van der Waals surface area contributed by atoms with E-state index in [1.807, 2.05) is 31.2 Å². The largest absolute Gasteiger partial charge is 0.508 e. The molecule has 0 saturated heterocycles. The third kappa shape index (κ3) is 4.67. The topological polar surface area (TPSA) is 97.1 Å². The summed E-state index contributed by atoms with van der Waals surface area (Å²) in [6, 6.07) is 17.6. The number of benzene rings is 2. The van der Waals surface area contributed by atoms with Crippen LogP contribution in [-0.2, 0) is 6.54 Å². The number of nitrogens with zero attached hydrogens (tertiary/aromatic N) is 3. The third-order valence-corrected chi connectivity index (χ3v) is 4.71. The Balaban J connectivity index is 1.51. The number of rotatable bonds is 5. The second kappa shape index (κ2) is 8.62. The summed E-state index contributed by atoms with van der Waals surface area (Å²) >= 11 is 0. The first-order valence-corrected chi connectivity index (χ1v) is 9.67. The van der Waals surface area contributed by atoms with Crippen LogP contribution in [0, 0.1) is 6.92 Å². The van der Waals surface area contributed by atoms with E-state index in [-0.39, 0.29) is 16.9 Å². The fraction of sp³-hybridized carbons (Fsp3) is 0.0833. The van der Waals surface area contributed by atoms with Gasteiger partial charge in [-0.1, -0.05) is 42.0 Å². The van der Waals surface area contributed by atoms with Crippen molar-refractivity contribution in [2.75, 3.05) is 5.32 Å². The number of carbonyl (C=O) groups is 1. The molecular formula is C24H20N4O3. The minimum atomic E-state index is -0.530. The van der Waals surface area contributed by atoms with Gasteiger partial charge in [0.05, 0.1) is 24.6 Å². The highest BCUT2D eigenvalue weighted by molar-refractivity contribution is 6.03. The van der Waals surface area contributed by atoms with Gasteiger partial charge in [-0.05, 0) is 36.8 Å². The highest BCUT2D eigenvalue weighted by Gasteiger charge is 2.13. The lowest BCUT2D eigenvalue weighted by Gasteiger charge is -2.09. The average molecular weight is 412 g/mol. The fourth-order valence-electron chi connectivity index (χ4n) is 3.23. The van der Waals surface area contributed by atoms with Crippen LogP contribution < -0.4 is 10.9 Å². The molecule has 0 fully saturated rings. The van der Waals surface area contributed by atoms with Crippen LogP contribution in [0.2, 0.25) is 0 Å². The van der Waals surface area contributed by atoms with Crippen molar-refractivity contribution in [1.29, 1.82) is 0 Å². The van der Waals surface area contributed by atoms with Crippen molar-refractivity contribution in [3.63, 3.8) is 0 Å². The fourth-order valence-corrected chi connectivity index (χ4v) is 3.23. The second-order valence-electron chi connectivity index (χ2n) is 7.14. The molecule has 31 heavy (non-hydrogen) atoms. The van der Waals surface area contributed by atoms with E-state index in [1.54, 1.807) is 36.5 Å². The lowest BCUT2D eigenvalue weighted by molar-refractivity contribution is 0.102. The van der Waals surface area contributed by atoms with Gasteiger partial charge >= 0.3 is 0 Å². The molecule has 2 aromatic heterocycles. The van der Waals surface area contributed by atoms with Crippen LogP contribution in [0.25, 0.3) is 11.4 Å².